The lowest BCUT2D eigenvalue weighted by molar-refractivity contribution is -0.137. The van der Waals surface area contributed by atoms with E-state index in [1.54, 1.807) is 4.90 Å². The molecule has 0 fully saturated rings. The number of aliphatic hydroxyl groups excluding tert-OH is 1. The van der Waals surface area contributed by atoms with E-state index in [1.165, 1.54) is 0 Å². The van der Waals surface area contributed by atoms with Crippen LogP contribution in [0.25, 0.3) is 0 Å². The first-order chi connectivity index (χ1) is 17.2. The van der Waals surface area contributed by atoms with Gasteiger partial charge in [-0.2, -0.15) is 13.2 Å². The number of rotatable bonds is 6. The first-order valence-electron chi connectivity index (χ1n) is 11.4. The van der Waals surface area contributed by atoms with Crippen LogP contribution in [0.1, 0.15) is 41.7 Å². The van der Waals surface area contributed by atoms with Crippen molar-refractivity contribution in [1.29, 1.82) is 0 Å². The average molecular weight is 496 g/mol. The number of hydrogen-bond acceptors (Lipinski definition) is 4. The van der Waals surface area contributed by atoms with Crippen molar-refractivity contribution in [1.82, 2.24) is 5.32 Å². The summed E-state index contributed by atoms with van der Waals surface area (Å²) in [7, 11) is 0. The SMILES string of the molecule is CCCN1C(=O)C(NC(=O)C(O)c2ccc(C(F)(F)F)cc2)N=C(c2ccccc2)c2ccccc21. The minimum Gasteiger partial charge on any atom is -0.378 e. The quantitative estimate of drug-likeness (QED) is 0.529. The van der Waals surface area contributed by atoms with Gasteiger partial charge in [0.25, 0.3) is 11.8 Å². The molecule has 3 aromatic rings. The maximum absolute atomic E-state index is 13.5. The summed E-state index contributed by atoms with van der Waals surface area (Å²) in [5.74, 6) is -1.44. The number of fused-ring (bicyclic) bond motifs is 1. The highest BCUT2D eigenvalue weighted by Gasteiger charge is 2.34. The lowest BCUT2D eigenvalue weighted by Crippen LogP contribution is -2.48. The first-order valence-corrected chi connectivity index (χ1v) is 11.4. The molecule has 1 aliphatic heterocycles. The van der Waals surface area contributed by atoms with E-state index in [-0.39, 0.29) is 5.56 Å². The molecule has 6 nitrogen and oxygen atoms in total. The second kappa shape index (κ2) is 10.3. The molecule has 2 N–H and O–H groups in total. The first kappa shape index (κ1) is 25.1. The molecule has 1 heterocycles. The Labute approximate surface area is 206 Å². The summed E-state index contributed by atoms with van der Waals surface area (Å²) in [6, 6.07) is 20.1. The number of hydrogen-bond donors (Lipinski definition) is 2. The zero-order chi connectivity index (χ0) is 25.9. The molecule has 0 saturated heterocycles. The summed E-state index contributed by atoms with van der Waals surface area (Å²) in [6.45, 7) is 2.29. The minimum absolute atomic E-state index is 0.0393. The Morgan fingerprint density at radius 1 is 1.03 bits per heavy atom. The van der Waals surface area contributed by atoms with Gasteiger partial charge in [-0.25, -0.2) is 4.99 Å². The molecule has 1 aliphatic rings. The Hall–Kier alpha value is -3.98. The third-order valence-electron chi connectivity index (χ3n) is 5.78. The van der Waals surface area contributed by atoms with Gasteiger partial charge < -0.3 is 15.3 Å². The van der Waals surface area contributed by atoms with E-state index in [0.717, 1.165) is 29.8 Å². The van der Waals surface area contributed by atoms with Crippen molar-refractivity contribution in [2.45, 2.75) is 31.8 Å². The molecule has 0 spiro atoms. The van der Waals surface area contributed by atoms with Gasteiger partial charge in [0.15, 0.2) is 6.10 Å². The van der Waals surface area contributed by atoms with Crippen molar-refractivity contribution < 1.29 is 27.9 Å². The number of para-hydroxylation sites is 1. The van der Waals surface area contributed by atoms with Crippen molar-refractivity contribution in [2.75, 3.05) is 11.4 Å². The molecule has 4 rings (SSSR count). The Bertz CT molecular complexity index is 1270. The Kier molecular flexibility index (Phi) is 7.21. The molecular weight excluding hydrogens is 471 g/mol. The van der Waals surface area contributed by atoms with Gasteiger partial charge in [-0.3, -0.25) is 9.59 Å². The van der Waals surface area contributed by atoms with E-state index < -0.39 is 35.8 Å². The molecular formula is C27H24F3N3O3. The number of nitrogens with one attached hydrogen (secondary N) is 1. The number of nitrogens with zero attached hydrogens (tertiary/aromatic N) is 2. The minimum atomic E-state index is -4.54. The van der Waals surface area contributed by atoms with Crippen LogP contribution >= 0.6 is 0 Å². The van der Waals surface area contributed by atoms with Gasteiger partial charge in [-0.1, -0.05) is 67.6 Å². The monoisotopic (exact) mass is 495 g/mol. The van der Waals surface area contributed by atoms with Crippen molar-refractivity contribution in [3.05, 3.63) is 101 Å². The van der Waals surface area contributed by atoms with Crippen LogP contribution < -0.4 is 10.2 Å². The summed E-state index contributed by atoms with van der Waals surface area (Å²) >= 11 is 0. The number of amides is 2. The van der Waals surface area contributed by atoms with Crippen molar-refractivity contribution >= 4 is 23.2 Å². The highest BCUT2D eigenvalue weighted by molar-refractivity contribution is 6.20. The molecule has 0 aromatic heterocycles. The third-order valence-corrected chi connectivity index (χ3v) is 5.78. The van der Waals surface area contributed by atoms with Gasteiger partial charge in [0, 0.05) is 17.7 Å². The molecule has 0 saturated carbocycles. The second-order valence-electron chi connectivity index (χ2n) is 8.28. The van der Waals surface area contributed by atoms with E-state index in [4.69, 9.17) is 0 Å². The van der Waals surface area contributed by atoms with Gasteiger partial charge in [0.05, 0.1) is 17.0 Å². The predicted molar refractivity (Wildman–Crippen MR) is 130 cm³/mol. The van der Waals surface area contributed by atoms with E-state index in [1.807, 2.05) is 61.5 Å². The molecule has 2 amide bonds. The van der Waals surface area contributed by atoms with Crippen LogP contribution in [0, 0.1) is 0 Å². The number of benzene rings is 3. The molecule has 0 aliphatic carbocycles. The third kappa shape index (κ3) is 5.16. The fourth-order valence-electron chi connectivity index (χ4n) is 4.02. The maximum atomic E-state index is 13.5. The van der Waals surface area contributed by atoms with Gasteiger partial charge in [0.2, 0.25) is 6.17 Å². The van der Waals surface area contributed by atoms with E-state index >= 15 is 0 Å². The highest BCUT2D eigenvalue weighted by Crippen LogP contribution is 2.31. The molecule has 3 aromatic carbocycles. The van der Waals surface area contributed by atoms with Crippen LogP contribution in [0.2, 0.25) is 0 Å². The molecule has 9 heteroatoms. The average Bonchev–Trinajstić information content (AvgIpc) is 2.99. The summed E-state index contributed by atoms with van der Waals surface area (Å²) in [6.07, 6.45) is -7.04. The van der Waals surface area contributed by atoms with Crippen LogP contribution in [0.3, 0.4) is 0 Å². The maximum Gasteiger partial charge on any atom is 0.416 e. The number of halogens is 3. The Morgan fingerprint density at radius 3 is 2.31 bits per heavy atom. The smallest absolute Gasteiger partial charge is 0.378 e. The van der Waals surface area contributed by atoms with Crippen LogP contribution in [-0.4, -0.2) is 35.3 Å². The molecule has 0 radical (unpaired) electrons. The normalized spacial score (nSPS) is 16.6. The van der Waals surface area contributed by atoms with Crippen LogP contribution in [-0.2, 0) is 15.8 Å². The standard InChI is InChI=1S/C27H24F3N3O3/c1-2-16-33-21-11-7-6-10-20(21)22(17-8-4-3-5-9-17)31-24(26(33)36)32-25(35)23(34)18-12-14-19(15-13-18)27(28,29)30/h3-15,23-24,34H,2,16H2,1H3,(H,32,35). The fraction of sp³-hybridized carbons (Fsp3) is 0.222. The Morgan fingerprint density at radius 2 is 1.67 bits per heavy atom. The topological polar surface area (TPSA) is 82.0 Å². The molecule has 0 bridgehead atoms. The second-order valence-corrected chi connectivity index (χ2v) is 8.28. The fourth-order valence-corrected chi connectivity index (χ4v) is 4.02. The van der Waals surface area contributed by atoms with Crippen LogP contribution in [0.15, 0.2) is 83.9 Å². The highest BCUT2D eigenvalue weighted by atomic mass is 19.4. The predicted octanol–water partition coefficient (Wildman–Crippen LogP) is 4.48. The number of alkyl halides is 3. The zero-order valence-corrected chi connectivity index (χ0v) is 19.4. The van der Waals surface area contributed by atoms with E-state index in [0.29, 0.717) is 29.9 Å². The number of aliphatic hydroxyl groups is 1. The molecule has 36 heavy (non-hydrogen) atoms. The van der Waals surface area contributed by atoms with E-state index in [2.05, 4.69) is 10.3 Å². The lowest BCUT2D eigenvalue weighted by atomic mass is 10.0. The number of carbonyl (C=O) groups is 2. The molecule has 186 valence electrons. The van der Waals surface area contributed by atoms with Crippen molar-refractivity contribution in [3.63, 3.8) is 0 Å². The van der Waals surface area contributed by atoms with Crippen LogP contribution in [0.4, 0.5) is 18.9 Å². The lowest BCUT2D eigenvalue weighted by Gasteiger charge is -2.25. The number of benzodiazepines with no additional fused rings is 1. The Balaban J connectivity index is 1.69. The number of anilines is 1. The van der Waals surface area contributed by atoms with Crippen molar-refractivity contribution in [2.24, 2.45) is 4.99 Å². The van der Waals surface area contributed by atoms with Gasteiger partial charge in [-0.05, 0) is 30.2 Å². The summed E-state index contributed by atoms with van der Waals surface area (Å²) < 4.78 is 38.6. The summed E-state index contributed by atoms with van der Waals surface area (Å²) in [4.78, 5) is 32.6. The van der Waals surface area contributed by atoms with E-state index in [9.17, 15) is 27.9 Å². The largest absolute Gasteiger partial charge is 0.416 e. The van der Waals surface area contributed by atoms with Gasteiger partial charge in [0.1, 0.15) is 0 Å². The summed E-state index contributed by atoms with van der Waals surface area (Å²) in [5.41, 5.74) is 1.65. The number of carbonyl (C=O) groups excluding carboxylic acids is 2. The molecule has 2 unspecified atom stereocenters. The van der Waals surface area contributed by atoms with Crippen LogP contribution in [0.5, 0.6) is 0 Å². The van der Waals surface area contributed by atoms with Gasteiger partial charge in [-0.15, -0.1) is 0 Å². The zero-order valence-electron chi connectivity index (χ0n) is 19.4. The molecule has 2 atom stereocenters. The summed E-state index contributed by atoms with van der Waals surface area (Å²) in [5, 5.41) is 13.0. The van der Waals surface area contributed by atoms with Gasteiger partial charge >= 0.3 is 6.18 Å². The number of aliphatic imine (C=N–C) groups is 1. The van der Waals surface area contributed by atoms with Crippen molar-refractivity contribution in [3.8, 4) is 0 Å².